The predicted molar refractivity (Wildman–Crippen MR) is 68.6 cm³/mol. The van der Waals surface area contributed by atoms with Crippen molar-refractivity contribution in [3.8, 4) is 0 Å². The lowest BCUT2D eigenvalue weighted by molar-refractivity contribution is 0.0685. The molecule has 0 aliphatic rings. The maximum Gasteiger partial charge on any atom is 0.352 e. The molecule has 0 saturated heterocycles. The van der Waals surface area contributed by atoms with Crippen LogP contribution in [0.25, 0.3) is 0 Å². The number of rotatable bonds is 7. The molecule has 0 aromatic carbocycles. The van der Waals surface area contributed by atoms with Gasteiger partial charge in [0.25, 0.3) is 0 Å². The molecular weight excluding hydrogens is 272 g/mol. The van der Waals surface area contributed by atoms with Gasteiger partial charge in [0.1, 0.15) is 10.6 Å². The molecule has 7 nitrogen and oxygen atoms in total. The second-order valence-electron chi connectivity index (χ2n) is 4.06. The molecule has 1 aromatic rings. The van der Waals surface area contributed by atoms with E-state index in [1.54, 1.807) is 13.8 Å². The summed E-state index contributed by atoms with van der Waals surface area (Å²) in [5, 5.41) is 18.0. The first-order chi connectivity index (χ1) is 8.85. The lowest BCUT2D eigenvalue weighted by Crippen LogP contribution is -2.36. The van der Waals surface area contributed by atoms with E-state index in [9.17, 15) is 13.2 Å². The molecular formula is C11H18N2O5S. The van der Waals surface area contributed by atoms with E-state index in [0.29, 0.717) is 13.0 Å². The van der Waals surface area contributed by atoms with E-state index in [0.717, 1.165) is 6.07 Å². The van der Waals surface area contributed by atoms with Crippen LogP contribution < -0.4 is 4.72 Å². The zero-order chi connectivity index (χ0) is 14.6. The van der Waals surface area contributed by atoms with Gasteiger partial charge >= 0.3 is 5.97 Å². The smallest absolute Gasteiger partial charge is 0.352 e. The van der Waals surface area contributed by atoms with E-state index in [4.69, 9.17) is 10.2 Å². The molecule has 0 aliphatic carbocycles. The third kappa shape index (κ3) is 3.55. The molecule has 0 unspecified atom stereocenters. The number of nitrogens with zero attached hydrogens (tertiary/aromatic N) is 1. The number of carboxylic acids is 1. The molecule has 1 atom stereocenters. The number of carbonyl (C=O) groups is 1. The van der Waals surface area contributed by atoms with Gasteiger partial charge in [-0.1, -0.05) is 6.92 Å². The van der Waals surface area contributed by atoms with Gasteiger partial charge in [0, 0.05) is 18.8 Å². The molecule has 108 valence electrons. The second-order valence-corrected chi connectivity index (χ2v) is 5.78. The fraction of sp³-hybridized carbons (Fsp3) is 0.545. The lowest BCUT2D eigenvalue weighted by atomic mass is 10.3. The lowest BCUT2D eigenvalue weighted by Gasteiger charge is -2.13. The van der Waals surface area contributed by atoms with Crippen molar-refractivity contribution in [3.63, 3.8) is 0 Å². The van der Waals surface area contributed by atoms with Crippen molar-refractivity contribution in [1.82, 2.24) is 9.29 Å². The second kappa shape index (κ2) is 6.18. The van der Waals surface area contributed by atoms with Gasteiger partial charge in [0.15, 0.2) is 0 Å². The average molecular weight is 290 g/mol. The number of aryl methyl sites for hydroxylation is 1. The Morgan fingerprint density at radius 3 is 2.47 bits per heavy atom. The molecule has 0 saturated carbocycles. The first-order valence-electron chi connectivity index (χ1n) is 5.92. The van der Waals surface area contributed by atoms with Crippen LogP contribution in [0.15, 0.2) is 17.2 Å². The van der Waals surface area contributed by atoms with Crippen molar-refractivity contribution in [2.24, 2.45) is 0 Å². The third-order valence-electron chi connectivity index (χ3n) is 2.78. The molecule has 1 rings (SSSR count). The SMILES string of the molecule is CC[C@H](CO)NS(=O)(=O)c1cc(C(=O)O)n(CC)c1. The zero-order valence-electron chi connectivity index (χ0n) is 10.8. The van der Waals surface area contributed by atoms with E-state index in [1.807, 2.05) is 0 Å². The average Bonchev–Trinajstić information content (AvgIpc) is 2.81. The number of sulfonamides is 1. The number of aromatic carboxylic acids is 1. The first kappa shape index (κ1) is 15.7. The van der Waals surface area contributed by atoms with E-state index in [1.165, 1.54) is 10.8 Å². The highest BCUT2D eigenvalue weighted by atomic mass is 32.2. The van der Waals surface area contributed by atoms with Crippen LogP contribution in [0.2, 0.25) is 0 Å². The van der Waals surface area contributed by atoms with Crippen molar-refractivity contribution in [1.29, 1.82) is 0 Å². The highest BCUT2D eigenvalue weighted by Gasteiger charge is 2.23. The van der Waals surface area contributed by atoms with Gasteiger partial charge in [-0.25, -0.2) is 17.9 Å². The fourth-order valence-corrected chi connectivity index (χ4v) is 2.96. The topological polar surface area (TPSA) is 109 Å². The number of carboxylic acid groups (broad SMARTS) is 1. The largest absolute Gasteiger partial charge is 0.477 e. The molecule has 0 spiro atoms. The standard InChI is InChI=1S/C11H18N2O5S/c1-3-8(7-14)12-19(17,18)9-5-10(11(15)16)13(4-2)6-9/h5-6,8,12,14H,3-4,7H2,1-2H3,(H,15,16)/t8-/m1/s1. The Labute approximate surface area is 111 Å². The van der Waals surface area contributed by atoms with Crippen molar-refractivity contribution >= 4 is 16.0 Å². The van der Waals surface area contributed by atoms with Crippen molar-refractivity contribution in [3.05, 3.63) is 18.0 Å². The minimum Gasteiger partial charge on any atom is -0.477 e. The summed E-state index contributed by atoms with van der Waals surface area (Å²) in [5.41, 5.74) is -0.0834. The van der Waals surface area contributed by atoms with Crippen LogP contribution in [0, 0.1) is 0 Å². The fourth-order valence-electron chi connectivity index (χ4n) is 1.61. The zero-order valence-corrected chi connectivity index (χ0v) is 11.6. The highest BCUT2D eigenvalue weighted by Crippen LogP contribution is 2.15. The van der Waals surface area contributed by atoms with Gasteiger partial charge < -0.3 is 14.8 Å². The highest BCUT2D eigenvalue weighted by molar-refractivity contribution is 7.89. The predicted octanol–water partition coefficient (Wildman–Crippen LogP) is 0.255. The van der Waals surface area contributed by atoms with Gasteiger partial charge in [-0.15, -0.1) is 0 Å². The number of nitrogens with one attached hydrogen (secondary N) is 1. The molecule has 0 aliphatic heterocycles. The van der Waals surface area contributed by atoms with E-state index >= 15 is 0 Å². The molecule has 0 amide bonds. The van der Waals surface area contributed by atoms with Crippen molar-refractivity contribution in [2.75, 3.05) is 6.61 Å². The van der Waals surface area contributed by atoms with E-state index in [-0.39, 0.29) is 17.2 Å². The van der Waals surface area contributed by atoms with Crippen molar-refractivity contribution < 1.29 is 23.4 Å². The maximum absolute atomic E-state index is 12.0. The summed E-state index contributed by atoms with van der Waals surface area (Å²) in [6, 6.07) is 0.529. The van der Waals surface area contributed by atoms with Crippen LogP contribution in [0.4, 0.5) is 0 Å². The Kier molecular flexibility index (Phi) is 5.10. The quantitative estimate of drug-likeness (QED) is 0.667. The number of aliphatic hydroxyl groups excluding tert-OH is 1. The summed E-state index contributed by atoms with van der Waals surface area (Å²) in [6.45, 7) is 3.51. The van der Waals surface area contributed by atoms with Crippen LogP contribution in [0.3, 0.4) is 0 Å². The molecule has 1 aromatic heterocycles. The number of aliphatic hydroxyl groups is 1. The van der Waals surface area contributed by atoms with Crippen LogP contribution in [-0.4, -0.2) is 41.8 Å². The van der Waals surface area contributed by atoms with Crippen LogP contribution >= 0.6 is 0 Å². The molecule has 3 N–H and O–H groups in total. The van der Waals surface area contributed by atoms with Crippen molar-refractivity contribution in [2.45, 2.75) is 37.8 Å². The summed E-state index contributed by atoms with van der Waals surface area (Å²) in [6.07, 6.45) is 1.71. The summed E-state index contributed by atoms with van der Waals surface area (Å²) < 4.78 is 27.7. The van der Waals surface area contributed by atoms with Gasteiger partial charge in [-0.2, -0.15) is 0 Å². The van der Waals surface area contributed by atoms with E-state index < -0.39 is 22.0 Å². The van der Waals surface area contributed by atoms with E-state index in [2.05, 4.69) is 4.72 Å². The summed E-state index contributed by atoms with van der Waals surface area (Å²) in [7, 11) is -3.82. The van der Waals surface area contributed by atoms with Gasteiger partial charge in [-0.05, 0) is 19.4 Å². The summed E-state index contributed by atoms with van der Waals surface area (Å²) in [4.78, 5) is 10.9. The molecule has 19 heavy (non-hydrogen) atoms. The Morgan fingerprint density at radius 2 is 2.11 bits per heavy atom. The molecule has 1 heterocycles. The van der Waals surface area contributed by atoms with Crippen LogP contribution in [0.5, 0.6) is 0 Å². The molecule has 8 heteroatoms. The monoisotopic (exact) mass is 290 g/mol. The Bertz CT molecular complexity index is 545. The number of hydrogen-bond acceptors (Lipinski definition) is 4. The summed E-state index contributed by atoms with van der Waals surface area (Å²) >= 11 is 0. The van der Waals surface area contributed by atoms with Gasteiger partial charge in [0.2, 0.25) is 10.0 Å². The number of aromatic nitrogens is 1. The maximum atomic E-state index is 12.0. The Morgan fingerprint density at radius 1 is 1.47 bits per heavy atom. The first-order valence-corrected chi connectivity index (χ1v) is 7.40. The molecule has 0 radical (unpaired) electrons. The third-order valence-corrected chi connectivity index (χ3v) is 4.26. The number of hydrogen-bond donors (Lipinski definition) is 3. The minimum atomic E-state index is -3.82. The Balaban J connectivity index is 3.12. The molecule has 0 fully saturated rings. The Hall–Kier alpha value is -1.38. The van der Waals surface area contributed by atoms with Crippen LogP contribution in [0.1, 0.15) is 30.8 Å². The van der Waals surface area contributed by atoms with Gasteiger partial charge in [-0.3, -0.25) is 0 Å². The molecule has 0 bridgehead atoms. The minimum absolute atomic E-state index is 0.0834. The summed E-state index contributed by atoms with van der Waals surface area (Å²) in [5.74, 6) is -1.18. The van der Waals surface area contributed by atoms with Crippen LogP contribution in [-0.2, 0) is 16.6 Å². The van der Waals surface area contributed by atoms with Gasteiger partial charge in [0.05, 0.1) is 6.61 Å². The normalized spacial score (nSPS) is 13.4.